The number of carbonyl (C=O) groups is 1. The maximum atomic E-state index is 10.8. The molecule has 0 unspecified atom stereocenters. The van der Waals surface area contributed by atoms with Crippen molar-refractivity contribution in [1.82, 2.24) is 11.1 Å². The fourth-order valence-electron chi connectivity index (χ4n) is 0.601. The maximum absolute atomic E-state index is 10.8. The number of hydrogen-bond donors (Lipinski definition) is 1. The second kappa shape index (κ2) is 6.75. The second-order valence-corrected chi connectivity index (χ2v) is 1.73. The summed E-state index contributed by atoms with van der Waals surface area (Å²) >= 11 is 0. The predicted octanol–water partition coefficient (Wildman–Crippen LogP) is 1.61. The molecule has 0 aliphatic heterocycles. The van der Waals surface area contributed by atoms with Gasteiger partial charge in [0.15, 0.2) is 0 Å². The Morgan fingerprint density at radius 1 is 1.58 bits per heavy atom. The molecule has 0 aliphatic carbocycles. The van der Waals surface area contributed by atoms with Gasteiger partial charge in [0.2, 0.25) is 0 Å². The van der Waals surface area contributed by atoms with Crippen LogP contribution in [0.3, 0.4) is 0 Å². The Bertz CT molecular complexity index is 228. The van der Waals surface area contributed by atoms with Gasteiger partial charge >= 0.3 is 5.97 Å². The molecule has 0 fully saturated rings. The number of nitrogens with zero attached hydrogens (tertiary/aromatic N) is 1. The molecular formula is C7H11BrN2O2. The fraction of sp³-hybridized carbons (Fsp3) is 0.143. The monoisotopic (exact) mass is 234 g/mol. The minimum atomic E-state index is -0.354. The van der Waals surface area contributed by atoms with Crippen LogP contribution in [-0.4, -0.2) is 18.1 Å². The van der Waals surface area contributed by atoms with Gasteiger partial charge in [-0.25, -0.2) is 4.79 Å². The normalized spacial score (nSPS) is 7.42. The van der Waals surface area contributed by atoms with Gasteiger partial charge in [0.25, 0.3) is 0 Å². The van der Waals surface area contributed by atoms with Crippen LogP contribution in [0.25, 0.3) is 0 Å². The zero-order valence-corrected chi connectivity index (χ0v) is 8.40. The van der Waals surface area contributed by atoms with Crippen molar-refractivity contribution >= 4 is 23.0 Å². The van der Waals surface area contributed by atoms with Crippen molar-refractivity contribution in [2.24, 2.45) is 0 Å². The summed E-state index contributed by atoms with van der Waals surface area (Å²) in [6.07, 6.45) is 3.07. The molecule has 0 aliphatic rings. The molecule has 5 heteroatoms. The Morgan fingerprint density at radius 3 is 2.67 bits per heavy atom. The van der Waals surface area contributed by atoms with Gasteiger partial charge in [-0.15, -0.1) is 17.0 Å². The van der Waals surface area contributed by atoms with E-state index in [0.717, 1.165) is 0 Å². The summed E-state index contributed by atoms with van der Waals surface area (Å²) in [5.41, 5.74) is 0.477. The fourth-order valence-corrected chi connectivity index (χ4v) is 0.601. The molecule has 0 saturated heterocycles. The van der Waals surface area contributed by atoms with E-state index in [1.54, 1.807) is 18.3 Å². The van der Waals surface area contributed by atoms with E-state index in [0.29, 0.717) is 5.56 Å². The summed E-state index contributed by atoms with van der Waals surface area (Å²) < 4.78 is 4.46. The highest BCUT2D eigenvalue weighted by atomic mass is 79.9. The first-order valence-electron chi connectivity index (χ1n) is 2.83. The number of methoxy groups -OCH3 is 1. The second-order valence-electron chi connectivity index (χ2n) is 1.73. The van der Waals surface area contributed by atoms with Gasteiger partial charge in [0, 0.05) is 12.4 Å². The van der Waals surface area contributed by atoms with Crippen LogP contribution in [0.15, 0.2) is 24.5 Å². The van der Waals surface area contributed by atoms with Gasteiger partial charge in [0.05, 0.1) is 12.7 Å². The average molecular weight is 235 g/mol. The third kappa shape index (κ3) is 3.45. The Hall–Kier alpha value is -0.940. The number of ether oxygens (including phenoxy) is 1. The lowest BCUT2D eigenvalue weighted by Gasteiger charge is -1.94. The van der Waals surface area contributed by atoms with E-state index in [9.17, 15) is 4.79 Å². The Balaban J connectivity index is 0. The van der Waals surface area contributed by atoms with Crippen molar-refractivity contribution in [3.05, 3.63) is 30.1 Å². The molecule has 0 bridgehead atoms. The van der Waals surface area contributed by atoms with Crippen molar-refractivity contribution in [3.63, 3.8) is 0 Å². The van der Waals surface area contributed by atoms with Crippen molar-refractivity contribution < 1.29 is 9.53 Å². The number of aromatic nitrogens is 1. The molecule has 68 valence electrons. The summed E-state index contributed by atoms with van der Waals surface area (Å²) in [5, 5.41) is 0. The third-order valence-corrected chi connectivity index (χ3v) is 1.08. The predicted molar refractivity (Wildman–Crippen MR) is 50.9 cm³/mol. The molecule has 12 heavy (non-hydrogen) atoms. The Labute approximate surface area is 81.3 Å². The molecule has 1 heterocycles. The molecular weight excluding hydrogens is 224 g/mol. The first-order valence-corrected chi connectivity index (χ1v) is 2.83. The molecule has 3 N–H and O–H groups in total. The van der Waals surface area contributed by atoms with Gasteiger partial charge < -0.3 is 10.9 Å². The molecule has 1 rings (SSSR count). The quantitative estimate of drug-likeness (QED) is 0.750. The number of pyridine rings is 1. The maximum Gasteiger partial charge on any atom is 0.339 e. The van der Waals surface area contributed by atoms with Crippen LogP contribution in [0.4, 0.5) is 0 Å². The molecule has 0 amide bonds. The summed E-state index contributed by atoms with van der Waals surface area (Å²) in [6.45, 7) is 0. The number of carbonyl (C=O) groups excluding carboxylic acids is 1. The SMILES string of the molecule is Br.COC(=O)c1cccnc1.N. The number of hydrogen-bond acceptors (Lipinski definition) is 4. The highest BCUT2D eigenvalue weighted by Gasteiger charge is 2.01. The molecule has 0 aromatic carbocycles. The van der Waals surface area contributed by atoms with E-state index in [1.807, 2.05) is 0 Å². The van der Waals surface area contributed by atoms with Crippen LogP contribution in [0.1, 0.15) is 10.4 Å². The number of esters is 1. The summed E-state index contributed by atoms with van der Waals surface area (Å²) in [4.78, 5) is 14.5. The summed E-state index contributed by atoms with van der Waals surface area (Å²) in [6, 6.07) is 3.34. The largest absolute Gasteiger partial charge is 0.465 e. The average Bonchev–Trinajstić information content (AvgIpc) is 2.05. The van der Waals surface area contributed by atoms with Gasteiger partial charge in [-0.1, -0.05) is 0 Å². The molecule has 0 radical (unpaired) electrons. The van der Waals surface area contributed by atoms with E-state index >= 15 is 0 Å². The molecule has 0 spiro atoms. The number of rotatable bonds is 1. The van der Waals surface area contributed by atoms with E-state index < -0.39 is 0 Å². The van der Waals surface area contributed by atoms with E-state index in [-0.39, 0.29) is 29.1 Å². The van der Waals surface area contributed by atoms with Gasteiger partial charge in [0.1, 0.15) is 0 Å². The highest BCUT2D eigenvalue weighted by Crippen LogP contribution is 1.96. The Kier molecular flexibility index (Phi) is 7.67. The molecule has 4 nitrogen and oxygen atoms in total. The molecule has 0 saturated carbocycles. The van der Waals surface area contributed by atoms with Crippen LogP contribution in [0.2, 0.25) is 0 Å². The lowest BCUT2D eigenvalue weighted by molar-refractivity contribution is 0.0600. The van der Waals surface area contributed by atoms with Crippen molar-refractivity contribution in [3.8, 4) is 0 Å². The Morgan fingerprint density at radius 2 is 2.25 bits per heavy atom. The van der Waals surface area contributed by atoms with Gasteiger partial charge in [-0.2, -0.15) is 0 Å². The zero-order chi connectivity index (χ0) is 7.40. The van der Waals surface area contributed by atoms with Crippen molar-refractivity contribution in [2.75, 3.05) is 7.11 Å². The summed E-state index contributed by atoms with van der Waals surface area (Å²) in [7, 11) is 1.34. The molecule has 1 aromatic heterocycles. The van der Waals surface area contributed by atoms with Crippen LogP contribution in [0, 0.1) is 0 Å². The lowest BCUT2D eigenvalue weighted by atomic mass is 10.3. The van der Waals surface area contributed by atoms with Gasteiger partial charge in [-0.05, 0) is 12.1 Å². The van der Waals surface area contributed by atoms with E-state index in [1.165, 1.54) is 13.3 Å². The third-order valence-electron chi connectivity index (χ3n) is 1.08. The first-order chi connectivity index (χ1) is 4.84. The van der Waals surface area contributed by atoms with Crippen LogP contribution in [0.5, 0.6) is 0 Å². The van der Waals surface area contributed by atoms with Crippen LogP contribution < -0.4 is 6.15 Å². The van der Waals surface area contributed by atoms with Crippen LogP contribution in [-0.2, 0) is 4.74 Å². The van der Waals surface area contributed by atoms with Gasteiger partial charge in [-0.3, -0.25) is 4.98 Å². The summed E-state index contributed by atoms with van der Waals surface area (Å²) in [5.74, 6) is -0.354. The highest BCUT2D eigenvalue weighted by molar-refractivity contribution is 8.93. The van der Waals surface area contributed by atoms with E-state index in [2.05, 4.69) is 9.72 Å². The first kappa shape index (κ1) is 13.6. The minimum absolute atomic E-state index is 0. The topological polar surface area (TPSA) is 74.2 Å². The smallest absolute Gasteiger partial charge is 0.339 e. The van der Waals surface area contributed by atoms with Crippen LogP contribution >= 0.6 is 17.0 Å². The minimum Gasteiger partial charge on any atom is -0.465 e. The van der Waals surface area contributed by atoms with E-state index in [4.69, 9.17) is 0 Å². The lowest BCUT2D eigenvalue weighted by Crippen LogP contribution is -2.00. The number of halogens is 1. The van der Waals surface area contributed by atoms with Crippen molar-refractivity contribution in [1.29, 1.82) is 0 Å². The standard InChI is InChI=1S/C7H7NO2.BrH.H3N/c1-10-7(9)6-3-2-4-8-5-6;;/h2-5H,1H3;1H;1H3. The van der Waals surface area contributed by atoms with Crippen molar-refractivity contribution in [2.45, 2.75) is 0 Å². The molecule has 0 atom stereocenters. The zero-order valence-electron chi connectivity index (χ0n) is 6.69. The molecule has 1 aromatic rings.